The van der Waals surface area contributed by atoms with Gasteiger partial charge in [0, 0.05) is 18.2 Å². The van der Waals surface area contributed by atoms with Crippen LogP contribution in [-0.2, 0) is 19.1 Å². The maximum absolute atomic E-state index is 13.7. The number of ether oxygens (including phenoxy) is 1. The molecule has 1 saturated carbocycles. The zero-order valence-electron chi connectivity index (χ0n) is 21.3. The summed E-state index contributed by atoms with van der Waals surface area (Å²) in [5.74, 6) is -2.22. The highest BCUT2D eigenvalue weighted by molar-refractivity contribution is 5.95. The molecule has 36 heavy (non-hydrogen) atoms. The number of phenolic OH excluding ortho intramolecular Hbond substituents is 1. The molecule has 0 radical (unpaired) electrons. The van der Waals surface area contributed by atoms with E-state index in [1.165, 1.54) is 17.0 Å². The van der Waals surface area contributed by atoms with Crippen LogP contribution in [0.15, 0.2) is 36.9 Å². The predicted octanol–water partition coefficient (Wildman–Crippen LogP) is 2.67. The van der Waals surface area contributed by atoms with E-state index in [9.17, 15) is 24.3 Å². The molecule has 1 aromatic carbocycles. The third-order valence-electron chi connectivity index (χ3n) is 5.75. The SMILES string of the molecule is C=CCN(C(=O)C(CC(N)=O)NC(=O)OC(C)(C)C)C(C(=O)NC1CCCCC1)c1ccccc1O. The minimum atomic E-state index is -1.40. The number of amides is 4. The number of benzene rings is 1. The van der Waals surface area contributed by atoms with Gasteiger partial charge in [0.1, 0.15) is 23.4 Å². The summed E-state index contributed by atoms with van der Waals surface area (Å²) in [4.78, 5) is 52.7. The first kappa shape index (κ1) is 28.7. The molecule has 10 nitrogen and oxygen atoms in total. The van der Waals surface area contributed by atoms with Crippen molar-refractivity contribution in [1.29, 1.82) is 0 Å². The van der Waals surface area contributed by atoms with Gasteiger partial charge in [-0.2, -0.15) is 0 Å². The molecule has 5 N–H and O–H groups in total. The number of carbonyl (C=O) groups is 4. The Labute approximate surface area is 212 Å². The number of hydrogen-bond donors (Lipinski definition) is 4. The van der Waals surface area contributed by atoms with E-state index in [0.717, 1.165) is 32.1 Å². The van der Waals surface area contributed by atoms with Crippen LogP contribution < -0.4 is 16.4 Å². The van der Waals surface area contributed by atoms with Crippen LogP contribution in [-0.4, -0.2) is 58.1 Å². The van der Waals surface area contributed by atoms with Gasteiger partial charge in [0.2, 0.25) is 17.7 Å². The van der Waals surface area contributed by atoms with Crippen LogP contribution in [0.5, 0.6) is 5.75 Å². The van der Waals surface area contributed by atoms with Gasteiger partial charge in [-0.15, -0.1) is 6.58 Å². The molecular weight excluding hydrogens is 464 g/mol. The molecule has 4 amide bonds. The highest BCUT2D eigenvalue weighted by Gasteiger charge is 2.38. The van der Waals surface area contributed by atoms with Crippen LogP contribution in [0.4, 0.5) is 4.79 Å². The Bertz CT molecular complexity index is 952. The van der Waals surface area contributed by atoms with Crippen molar-refractivity contribution in [3.05, 3.63) is 42.5 Å². The van der Waals surface area contributed by atoms with Gasteiger partial charge in [-0.25, -0.2) is 4.79 Å². The Hall–Kier alpha value is -3.56. The van der Waals surface area contributed by atoms with Crippen LogP contribution in [0.3, 0.4) is 0 Å². The Kier molecular flexibility index (Phi) is 10.3. The lowest BCUT2D eigenvalue weighted by Gasteiger charge is -2.35. The smallest absolute Gasteiger partial charge is 0.408 e. The average molecular weight is 503 g/mol. The number of nitrogens with zero attached hydrogens (tertiary/aromatic N) is 1. The summed E-state index contributed by atoms with van der Waals surface area (Å²) in [5.41, 5.74) is 4.72. The van der Waals surface area contributed by atoms with Crippen LogP contribution in [0.1, 0.15) is 70.9 Å². The standard InChI is InChI=1S/C26H38N4O6/c1-5-15-30(24(34)19(16-21(27)32)29-25(35)36-26(2,3)4)22(18-13-9-10-14-20(18)31)23(33)28-17-11-7-6-8-12-17/h5,9-10,13-14,17,19,22,31H,1,6-8,11-12,15-16H2,2-4H3,(H2,27,32)(H,28,33)(H,29,35). The fourth-order valence-electron chi connectivity index (χ4n) is 4.21. The summed E-state index contributed by atoms with van der Waals surface area (Å²) in [6.45, 7) is 8.57. The highest BCUT2D eigenvalue weighted by atomic mass is 16.6. The van der Waals surface area contributed by atoms with Crippen molar-refractivity contribution >= 4 is 23.8 Å². The first-order valence-corrected chi connectivity index (χ1v) is 12.2. The van der Waals surface area contributed by atoms with Crippen LogP contribution in [0.25, 0.3) is 0 Å². The third-order valence-corrected chi connectivity index (χ3v) is 5.75. The lowest BCUT2D eigenvalue weighted by Crippen LogP contribution is -2.54. The summed E-state index contributed by atoms with van der Waals surface area (Å²) in [5, 5.41) is 16.0. The van der Waals surface area contributed by atoms with Crippen LogP contribution in [0.2, 0.25) is 0 Å². The second-order valence-corrected chi connectivity index (χ2v) is 9.95. The van der Waals surface area contributed by atoms with Gasteiger partial charge < -0.3 is 31.1 Å². The van der Waals surface area contributed by atoms with E-state index < -0.39 is 47.9 Å². The van der Waals surface area contributed by atoms with E-state index >= 15 is 0 Å². The molecule has 1 aliphatic carbocycles. The van der Waals surface area contributed by atoms with Crippen molar-refractivity contribution < 1.29 is 29.0 Å². The third kappa shape index (κ3) is 8.58. The molecule has 10 heteroatoms. The van der Waals surface area contributed by atoms with Crippen LogP contribution in [0, 0.1) is 0 Å². The van der Waals surface area contributed by atoms with Gasteiger partial charge in [-0.05, 0) is 39.7 Å². The zero-order valence-corrected chi connectivity index (χ0v) is 21.3. The second-order valence-electron chi connectivity index (χ2n) is 9.95. The summed E-state index contributed by atoms with van der Waals surface area (Å²) < 4.78 is 5.24. The lowest BCUT2D eigenvalue weighted by molar-refractivity contribution is -0.143. The minimum Gasteiger partial charge on any atom is -0.508 e. The fraction of sp³-hybridized carbons (Fsp3) is 0.538. The monoisotopic (exact) mass is 502 g/mol. The number of hydrogen-bond acceptors (Lipinski definition) is 6. The number of carbonyl (C=O) groups excluding carboxylic acids is 4. The molecule has 2 unspecified atom stereocenters. The summed E-state index contributed by atoms with van der Waals surface area (Å²) >= 11 is 0. The average Bonchev–Trinajstić information content (AvgIpc) is 2.78. The Morgan fingerprint density at radius 1 is 1.19 bits per heavy atom. The van der Waals surface area contributed by atoms with Crippen molar-refractivity contribution in [2.24, 2.45) is 5.73 Å². The van der Waals surface area contributed by atoms with Gasteiger partial charge in [0.15, 0.2) is 0 Å². The van der Waals surface area contributed by atoms with Crippen molar-refractivity contribution in [3.63, 3.8) is 0 Å². The quantitative estimate of drug-likeness (QED) is 0.361. The Morgan fingerprint density at radius 3 is 2.39 bits per heavy atom. The first-order valence-electron chi connectivity index (χ1n) is 12.2. The zero-order chi connectivity index (χ0) is 26.9. The van der Waals surface area contributed by atoms with Crippen molar-refractivity contribution in [2.75, 3.05) is 6.54 Å². The molecule has 1 aromatic rings. The predicted molar refractivity (Wildman–Crippen MR) is 135 cm³/mol. The van der Waals surface area contributed by atoms with E-state index in [0.29, 0.717) is 0 Å². The molecule has 198 valence electrons. The molecule has 0 heterocycles. The van der Waals surface area contributed by atoms with E-state index in [4.69, 9.17) is 10.5 Å². The number of aromatic hydroxyl groups is 1. The second kappa shape index (κ2) is 12.9. The number of rotatable bonds is 10. The van der Waals surface area contributed by atoms with Gasteiger partial charge in [0.05, 0.1) is 6.42 Å². The van der Waals surface area contributed by atoms with E-state index in [1.807, 2.05) is 0 Å². The molecule has 0 aromatic heterocycles. The molecule has 0 spiro atoms. The van der Waals surface area contributed by atoms with Crippen molar-refractivity contribution in [3.8, 4) is 5.75 Å². The minimum absolute atomic E-state index is 0.0541. The number of nitrogens with one attached hydrogen (secondary N) is 2. The van der Waals surface area contributed by atoms with Crippen molar-refractivity contribution in [2.45, 2.75) is 83.0 Å². The van der Waals surface area contributed by atoms with Gasteiger partial charge in [0.25, 0.3) is 0 Å². The molecule has 0 bridgehead atoms. The maximum atomic E-state index is 13.7. The van der Waals surface area contributed by atoms with Crippen molar-refractivity contribution in [1.82, 2.24) is 15.5 Å². The van der Waals surface area contributed by atoms with Gasteiger partial charge in [-0.3, -0.25) is 14.4 Å². The topological polar surface area (TPSA) is 151 Å². The first-order chi connectivity index (χ1) is 16.9. The number of phenols is 1. The Morgan fingerprint density at radius 2 is 1.83 bits per heavy atom. The van der Waals surface area contributed by atoms with Crippen LogP contribution >= 0.6 is 0 Å². The number of para-hydroxylation sites is 1. The molecule has 1 fully saturated rings. The summed E-state index contributed by atoms with van der Waals surface area (Å²) in [6.07, 6.45) is 4.72. The van der Waals surface area contributed by atoms with E-state index in [2.05, 4.69) is 17.2 Å². The number of alkyl carbamates (subject to hydrolysis) is 1. The number of nitrogens with two attached hydrogens (primary N) is 1. The van der Waals surface area contributed by atoms with Gasteiger partial charge in [-0.1, -0.05) is 43.5 Å². The molecule has 1 aliphatic rings. The fourth-order valence-corrected chi connectivity index (χ4v) is 4.21. The normalized spacial score (nSPS) is 15.8. The molecule has 2 rings (SSSR count). The molecule has 0 aliphatic heterocycles. The lowest BCUT2D eigenvalue weighted by atomic mass is 9.94. The summed E-state index contributed by atoms with van der Waals surface area (Å²) in [6, 6.07) is 3.53. The molecule has 0 saturated heterocycles. The molecular formula is C26H38N4O6. The maximum Gasteiger partial charge on any atom is 0.408 e. The number of primary amides is 1. The van der Waals surface area contributed by atoms with Gasteiger partial charge >= 0.3 is 6.09 Å². The van der Waals surface area contributed by atoms with E-state index in [1.54, 1.807) is 39.0 Å². The molecule has 2 atom stereocenters. The summed E-state index contributed by atoms with van der Waals surface area (Å²) in [7, 11) is 0. The largest absolute Gasteiger partial charge is 0.508 e. The highest BCUT2D eigenvalue weighted by Crippen LogP contribution is 2.30. The Balaban J connectivity index is 2.44. The van der Waals surface area contributed by atoms with E-state index in [-0.39, 0.29) is 23.9 Å².